The summed E-state index contributed by atoms with van der Waals surface area (Å²) in [5, 5.41) is 1.12. The van der Waals surface area contributed by atoms with Gasteiger partial charge in [-0.05, 0) is 18.1 Å². The lowest BCUT2D eigenvalue weighted by molar-refractivity contribution is 0.418. The highest BCUT2D eigenvalue weighted by Gasteiger charge is 2.05. The van der Waals surface area contributed by atoms with Crippen molar-refractivity contribution in [2.75, 3.05) is 7.11 Å². The molecule has 0 aliphatic carbocycles. The van der Waals surface area contributed by atoms with E-state index >= 15 is 0 Å². The topological polar surface area (TPSA) is 22.1 Å². The Hall–Kier alpha value is -1.57. The Bertz CT molecular complexity index is 477. The zero-order valence-corrected chi connectivity index (χ0v) is 9.32. The maximum Gasteiger partial charge on any atom is 0.145 e. The van der Waals surface area contributed by atoms with Gasteiger partial charge in [-0.2, -0.15) is 0 Å². The van der Waals surface area contributed by atoms with E-state index in [0.717, 1.165) is 22.3 Å². The summed E-state index contributed by atoms with van der Waals surface area (Å²) >= 11 is 0. The molecule has 0 bridgehead atoms. The number of hydrogen-bond acceptors (Lipinski definition) is 2. The second kappa shape index (κ2) is 3.89. The first-order chi connectivity index (χ1) is 7.22. The Balaban J connectivity index is 2.67. The molecular formula is C13H15NO. The van der Waals surface area contributed by atoms with E-state index in [0.29, 0.717) is 5.92 Å². The predicted octanol–water partition coefficient (Wildman–Crippen LogP) is 3.37. The van der Waals surface area contributed by atoms with Crippen LogP contribution < -0.4 is 4.74 Å². The van der Waals surface area contributed by atoms with Crippen molar-refractivity contribution in [3.63, 3.8) is 0 Å². The van der Waals surface area contributed by atoms with Crippen molar-refractivity contribution >= 4 is 10.9 Å². The van der Waals surface area contributed by atoms with Crippen molar-refractivity contribution in [2.24, 2.45) is 0 Å². The van der Waals surface area contributed by atoms with Crippen LogP contribution >= 0.6 is 0 Å². The zero-order chi connectivity index (χ0) is 10.8. The Morgan fingerprint density at radius 2 is 1.93 bits per heavy atom. The molecule has 0 saturated carbocycles. The van der Waals surface area contributed by atoms with Crippen molar-refractivity contribution in [2.45, 2.75) is 19.8 Å². The number of rotatable bonds is 2. The molecule has 2 nitrogen and oxygen atoms in total. The molecule has 0 N–H and O–H groups in total. The van der Waals surface area contributed by atoms with Gasteiger partial charge in [-0.3, -0.25) is 0 Å². The summed E-state index contributed by atoms with van der Waals surface area (Å²) in [5.74, 6) is 1.29. The van der Waals surface area contributed by atoms with Gasteiger partial charge in [-0.15, -0.1) is 0 Å². The van der Waals surface area contributed by atoms with E-state index in [-0.39, 0.29) is 0 Å². The van der Waals surface area contributed by atoms with E-state index < -0.39 is 0 Å². The van der Waals surface area contributed by atoms with Crippen molar-refractivity contribution < 1.29 is 4.74 Å². The van der Waals surface area contributed by atoms with E-state index in [4.69, 9.17) is 4.74 Å². The Kier molecular flexibility index (Phi) is 2.58. The third kappa shape index (κ3) is 1.80. The fourth-order valence-corrected chi connectivity index (χ4v) is 1.62. The molecule has 15 heavy (non-hydrogen) atoms. The highest BCUT2D eigenvalue weighted by molar-refractivity contribution is 5.84. The van der Waals surface area contributed by atoms with Crippen LogP contribution in [0.5, 0.6) is 5.75 Å². The SMILES string of the molecule is COc1cccc2ccc(C(C)C)nc12. The normalized spacial score (nSPS) is 10.9. The van der Waals surface area contributed by atoms with Crippen LogP contribution in [-0.2, 0) is 0 Å². The van der Waals surface area contributed by atoms with Gasteiger partial charge in [0, 0.05) is 11.1 Å². The molecule has 0 aliphatic heterocycles. The number of pyridine rings is 1. The minimum Gasteiger partial charge on any atom is -0.494 e. The van der Waals surface area contributed by atoms with E-state index in [2.05, 4.69) is 37.0 Å². The highest BCUT2D eigenvalue weighted by atomic mass is 16.5. The fourth-order valence-electron chi connectivity index (χ4n) is 1.62. The first kappa shape index (κ1) is 9.97. The monoisotopic (exact) mass is 201 g/mol. The summed E-state index contributed by atoms with van der Waals surface area (Å²) in [4.78, 5) is 4.62. The molecule has 0 radical (unpaired) electrons. The lowest BCUT2D eigenvalue weighted by Crippen LogP contribution is -1.94. The van der Waals surface area contributed by atoms with Crippen LogP contribution in [0.1, 0.15) is 25.5 Å². The number of para-hydroxylation sites is 1. The van der Waals surface area contributed by atoms with Crippen LogP contribution in [0, 0.1) is 0 Å². The average Bonchev–Trinajstić information content (AvgIpc) is 2.27. The Labute approximate surface area is 89.9 Å². The summed E-state index contributed by atoms with van der Waals surface area (Å²) < 4.78 is 5.30. The average molecular weight is 201 g/mol. The molecule has 0 aliphatic rings. The van der Waals surface area contributed by atoms with Gasteiger partial charge in [-0.25, -0.2) is 4.98 Å². The molecular weight excluding hydrogens is 186 g/mol. The van der Waals surface area contributed by atoms with Gasteiger partial charge in [0.2, 0.25) is 0 Å². The number of methoxy groups -OCH3 is 1. The molecule has 1 heterocycles. The second-order valence-electron chi connectivity index (χ2n) is 3.92. The van der Waals surface area contributed by atoms with Crippen LogP contribution in [-0.4, -0.2) is 12.1 Å². The van der Waals surface area contributed by atoms with Crippen molar-refractivity contribution in [1.29, 1.82) is 0 Å². The maximum absolute atomic E-state index is 5.30. The Morgan fingerprint density at radius 3 is 2.60 bits per heavy atom. The third-order valence-corrected chi connectivity index (χ3v) is 2.52. The first-order valence-corrected chi connectivity index (χ1v) is 5.16. The molecule has 0 fully saturated rings. The number of nitrogens with zero attached hydrogens (tertiary/aromatic N) is 1. The molecule has 78 valence electrons. The van der Waals surface area contributed by atoms with Crippen LogP contribution in [0.2, 0.25) is 0 Å². The first-order valence-electron chi connectivity index (χ1n) is 5.16. The van der Waals surface area contributed by atoms with E-state index in [1.165, 1.54) is 0 Å². The van der Waals surface area contributed by atoms with Gasteiger partial charge < -0.3 is 4.74 Å². The molecule has 0 unspecified atom stereocenters. The standard InChI is InChI=1S/C13H15NO/c1-9(2)11-8-7-10-5-4-6-12(15-3)13(10)14-11/h4-9H,1-3H3. The number of aromatic nitrogens is 1. The smallest absolute Gasteiger partial charge is 0.145 e. The lowest BCUT2D eigenvalue weighted by atomic mass is 10.1. The number of fused-ring (bicyclic) bond motifs is 1. The summed E-state index contributed by atoms with van der Waals surface area (Å²) in [7, 11) is 1.68. The molecule has 2 aromatic rings. The van der Waals surface area contributed by atoms with Crippen LogP contribution in [0.15, 0.2) is 30.3 Å². The van der Waals surface area contributed by atoms with Crippen LogP contribution in [0.3, 0.4) is 0 Å². The summed E-state index contributed by atoms with van der Waals surface area (Å²) in [6, 6.07) is 10.2. The van der Waals surface area contributed by atoms with Crippen molar-refractivity contribution in [3.05, 3.63) is 36.0 Å². The highest BCUT2D eigenvalue weighted by Crippen LogP contribution is 2.25. The minimum atomic E-state index is 0.444. The molecule has 1 aromatic heterocycles. The van der Waals surface area contributed by atoms with Gasteiger partial charge in [0.1, 0.15) is 11.3 Å². The molecule has 2 rings (SSSR count). The minimum absolute atomic E-state index is 0.444. The van der Waals surface area contributed by atoms with Gasteiger partial charge >= 0.3 is 0 Å². The summed E-state index contributed by atoms with van der Waals surface area (Å²) in [6.45, 7) is 4.28. The molecule has 0 amide bonds. The van der Waals surface area contributed by atoms with E-state index in [9.17, 15) is 0 Å². The summed E-state index contributed by atoms with van der Waals surface area (Å²) in [6.07, 6.45) is 0. The number of hydrogen-bond donors (Lipinski definition) is 0. The molecule has 0 saturated heterocycles. The van der Waals surface area contributed by atoms with Gasteiger partial charge in [-0.1, -0.05) is 32.0 Å². The number of benzene rings is 1. The van der Waals surface area contributed by atoms with Crippen LogP contribution in [0.4, 0.5) is 0 Å². The van der Waals surface area contributed by atoms with Gasteiger partial charge in [0.05, 0.1) is 7.11 Å². The Morgan fingerprint density at radius 1 is 1.13 bits per heavy atom. The molecule has 0 atom stereocenters. The van der Waals surface area contributed by atoms with E-state index in [1.807, 2.05) is 12.1 Å². The maximum atomic E-state index is 5.30. The fraction of sp³-hybridized carbons (Fsp3) is 0.308. The second-order valence-corrected chi connectivity index (χ2v) is 3.92. The predicted molar refractivity (Wildman–Crippen MR) is 62.4 cm³/mol. The van der Waals surface area contributed by atoms with Crippen molar-refractivity contribution in [1.82, 2.24) is 4.98 Å². The van der Waals surface area contributed by atoms with Gasteiger partial charge in [0.25, 0.3) is 0 Å². The third-order valence-electron chi connectivity index (χ3n) is 2.52. The molecule has 2 heteroatoms. The lowest BCUT2D eigenvalue weighted by Gasteiger charge is -2.08. The van der Waals surface area contributed by atoms with E-state index in [1.54, 1.807) is 7.11 Å². The van der Waals surface area contributed by atoms with Crippen molar-refractivity contribution in [3.8, 4) is 5.75 Å². The number of ether oxygens (including phenoxy) is 1. The molecule has 0 spiro atoms. The van der Waals surface area contributed by atoms with Crippen LogP contribution in [0.25, 0.3) is 10.9 Å². The van der Waals surface area contributed by atoms with Gasteiger partial charge in [0.15, 0.2) is 0 Å². The summed E-state index contributed by atoms with van der Waals surface area (Å²) in [5.41, 5.74) is 2.05. The zero-order valence-electron chi connectivity index (χ0n) is 9.32. The quantitative estimate of drug-likeness (QED) is 0.743. The molecule has 1 aromatic carbocycles. The largest absolute Gasteiger partial charge is 0.494 e.